The Hall–Kier alpha value is -0.830. The first kappa shape index (κ1) is 10.3. The Morgan fingerprint density at radius 3 is 2.54 bits per heavy atom. The van der Waals surface area contributed by atoms with E-state index >= 15 is 0 Å². The number of hydrogen-bond donors (Lipinski definition) is 1. The van der Waals surface area contributed by atoms with Gasteiger partial charge >= 0.3 is 0 Å². The second-order valence-electron chi connectivity index (χ2n) is 2.65. The number of thiol groups is 1. The molecule has 3 heteroatoms. The minimum absolute atomic E-state index is 0.809. The van der Waals surface area contributed by atoms with E-state index < -0.39 is 0 Å². The van der Waals surface area contributed by atoms with Gasteiger partial charge in [-0.05, 0) is 35.9 Å². The summed E-state index contributed by atoms with van der Waals surface area (Å²) in [5, 5.41) is 0. The third-order valence-corrected chi connectivity index (χ3v) is 2.09. The Labute approximate surface area is 84.3 Å². The number of rotatable bonds is 4. The molecule has 0 radical (unpaired) electrons. The Bertz CT molecular complexity index is 274. The Morgan fingerprint density at radius 2 is 2.00 bits per heavy atom. The average molecular weight is 198 g/mol. The van der Waals surface area contributed by atoms with Gasteiger partial charge in [0.25, 0.3) is 0 Å². The van der Waals surface area contributed by atoms with Gasteiger partial charge < -0.3 is 9.47 Å². The van der Waals surface area contributed by atoms with Gasteiger partial charge in [0, 0.05) is 0 Å². The second-order valence-corrected chi connectivity index (χ2v) is 3.10. The number of ether oxygens (including phenoxy) is 2. The van der Waals surface area contributed by atoms with Crippen LogP contribution in [0.4, 0.5) is 0 Å². The zero-order valence-electron chi connectivity index (χ0n) is 7.91. The minimum atomic E-state index is 0.809. The van der Waals surface area contributed by atoms with Gasteiger partial charge in [-0.3, -0.25) is 0 Å². The van der Waals surface area contributed by atoms with Crippen molar-refractivity contribution in [3.63, 3.8) is 0 Å². The van der Waals surface area contributed by atoms with Gasteiger partial charge in [0.2, 0.25) is 0 Å². The molecule has 0 aliphatic rings. The number of aryl methyl sites for hydroxylation is 1. The lowest BCUT2D eigenvalue weighted by atomic mass is 10.1. The van der Waals surface area contributed by atoms with Crippen LogP contribution in [0.5, 0.6) is 11.5 Å². The van der Waals surface area contributed by atoms with E-state index in [2.05, 4.69) is 12.6 Å². The third-order valence-electron chi connectivity index (χ3n) is 1.87. The standard InChI is InChI=1S/C10H14O2S/c1-11-9-3-4-10(12-2)8(7-9)5-6-13/h3-4,7,13H,5-6H2,1-2H3. The van der Waals surface area contributed by atoms with Crippen LogP contribution < -0.4 is 9.47 Å². The molecule has 0 N–H and O–H groups in total. The van der Waals surface area contributed by atoms with E-state index in [1.807, 2.05) is 18.2 Å². The summed E-state index contributed by atoms with van der Waals surface area (Å²) in [6.07, 6.45) is 0.892. The molecular formula is C10H14O2S. The van der Waals surface area contributed by atoms with Gasteiger partial charge in [-0.15, -0.1) is 0 Å². The Morgan fingerprint density at radius 1 is 1.23 bits per heavy atom. The predicted molar refractivity (Wildman–Crippen MR) is 57.1 cm³/mol. The molecule has 13 heavy (non-hydrogen) atoms. The highest BCUT2D eigenvalue weighted by molar-refractivity contribution is 7.80. The topological polar surface area (TPSA) is 18.5 Å². The van der Waals surface area contributed by atoms with E-state index in [0.717, 1.165) is 29.2 Å². The predicted octanol–water partition coefficient (Wildman–Crippen LogP) is 2.18. The molecule has 1 aromatic carbocycles. The van der Waals surface area contributed by atoms with Crippen molar-refractivity contribution in [2.75, 3.05) is 20.0 Å². The van der Waals surface area contributed by atoms with Gasteiger partial charge in [0.1, 0.15) is 11.5 Å². The van der Waals surface area contributed by atoms with E-state index in [9.17, 15) is 0 Å². The fourth-order valence-electron chi connectivity index (χ4n) is 1.20. The van der Waals surface area contributed by atoms with Crippen molar-refractivity contribution in [1.82, 2.24) is 0 Å². The fraction of sp³-hybridized carbons (Fsp3) is 0.400. The first-order valence-electron chi connectivity index (χ1n) is 4.13. The highest BCUT2D eigenvalue weighted by Gasteiger charge is 2.03. The fourth-order valence-corrected chi connectivity index (χ4v) is 1.44. The molecule has 0 heterocycles. The van der Waals surface area contributed by atoms with Crippen LogP contribution in [0.15, 0.2) is 18.2 Å². The first-order chi connectivity index (χ1) is 6.31. The molecule has 0 atom stereocenters. The van der Waals surface area contributed by atoms with Crippen molar-refractivity contribution in [1.29, 1.82) is 0 Å². The van der Waals surface area contributed by atoms with Crippen LogP contribution in [0.3, 0.4) is 0 Å². The lowest BCUT2D eigenvalue weighted by Gasteiger charge is -2.08. The normalized spacial score (nSPS) is 9.77. The molecule has 0 spiro atoms. The number of benzene rings is 1. The molecule has 0 aromatic heterocycles. The van der Waals surface area contributed by atoms with Crippen LogP contribution in [0.1, 0.15) is 5.56 Å². The van der Waals surface area contributed by atoms with Gasteiger partial charge in [-0.25, -0.2) is 0 Å². The molecule has 0 aliphatic heterocycles. The zero-order valence-corrected chi connectivity index (χ0v) is 8.80. The van der Waals surface area contributed by atoms with Crippen LogP contribution in [0.25, 0.3) is 0 Å². The molecule has 0 unspecified atom stereocenters. The van der Waals surface area contributed by atoms with Gasteiger partial charge in [0.05, 0.1) is 14.2 Å². The molecule has 72 valence electrons. The SMILES string of the molecule is COc1ccc(OC)c(CCS)c1. The second kappa shape index (κ2) is 5.02. The van der Waals surface area contributed by atoms with Crippen LogP contribution >= 0.6 is 12.6 Å². The molecule has 0 amide bonds. The van der Waals surface area contributed by atoms with Crippen LogP contribution in [0, 0.1) is 0 Å². The lowest BCUT2D eigenvalue weighted by molar-refractivity contribution is 0.399. The summed E-state index contributed by atoms with van der Waals surface area (Å²) in [5.74, 6) is 2.57. The molecule has 0 bridgehead atoms. The molecule has 1 rings (SSSR count). The first-order valence-corrected chi connectivity index (χ1v) is 4.77. The molecule has 2 nitrogen and oxygen atoms in total. The molecular weight excluding hydrogens is 184 g/mol. The highest BCUT2D eigenvalue weighted by atomic mass is 32.1. The third kappa shape index (κ3) is 2.56. The quantitative estimate of drug-likeness (QED) is 0.747. The largest absolute Gasteiger partial charge is 0.497 e. The minimum Gasteiger partial charge on any atom is -0.497 e. The maximum Gasteiger partial charge on any atom is 0.122 e. The highest BCUT2D eigenvalue weighted by Crippen LogP contribution is 2.24. The van der Waals surface area contributed by atoms with Gasteiger partial charge in [-0.2, -0.15) is 12.6 Å². The van der Waals surface area contributed by atoms with Crippen molar-refractivity contribution in [2.24, 2.45) is 0 Å². The van der Waals surface area contributed by atoms with Crippen molar-refractivity contribution in [3.8, 4) is 11.5 Å². The maximum absolute atomic E-state index is 5.21. The van der Waals surface area contributed by atoms with E-state index in [4.69, 9.17) is 9.47 Å². The summed E-state index contributed by atoms with van der Waals surface area (Å²) in [6.45, 7) is 0. The molecule has 0 saturated heterocycles. The molecule has 0 aliphatic carbocycles. The van der Waals surface area contributed by atoms with E-state index in [-0.39, 0.29) is 0 Å². The van der Waals surface area contributed by atoms with E-state index in [0.29, 0.717) is 0 Å². The number of hydrogen-bond acceptors (Lipinski definition) is 3. The van der Waals surface area contributed by atoms with E-state index in [1.165, 1.54) is 0 Å². The lowest BCUT2D eigenvalue weighted by Crippen LogP contribution is -1.94. The molecule has 0 fully saturated rings. The summed E-state index contributed by atoms with van der Waals surface area (Å²) >= 11 is 4.19. The van der Waals surface area contributed by atoms with Gasteiger partial charge in [0.15, 0.2) is 0 Å². The van der Waals surface area contributed by atoms with Gasteiger partial charge in [-0.1, -0.05) is 0 Å². The van der Waals surface area contributed by atoms with Crippen molar-refractivity contribution < 1.29 is 9.47 Å². The van der Waals surface area contributed by atoms with Crippen molar-refractivity contribution in [3.05, 3.63) is 23.8 Å². The zero-order chi connectivity index (χ0) is 9.68. The maximum atomic E-state index is 5.21. The van der Waals surface area contributed by atoms with Crippen molar-refractivity contribution in [2.45, 2.75) is 6.42 Å². The summed E-state index contributed by atoms with van der Waals surface area (Å²) in [7, 11) is 3.33. The van der Waals surface area contributed by atoms with Crippen LogP contribution in [-0.2, 0) is 6.42 Å². The summed E-state index contributed by atoms with van der Waals surface area (Å²) in [6, 6.07) is 5.79. The monoisotopic (exact) mass is 198 g/mol. The smallest absolute Gasteiger partial charge is 0.122 e. The van der Waals surface area contributed by atoms with Crippen LogP contribution in [-0.4, -0.2) is 20.0 Å². The van der Waals surface area contributed by atoms with Crippen molar-refractivity contribution >= 4 is 12.6 Å². The Balaban J connectivity index is 2.95. The molecule has 0 saturated carbocycles. The summed E-state index contributed by atoms with van der Waals surface area (Å²) in [5.41, 5.74) is 1.14. The number of methoxy groups -OCH3 is 2. The molecule has 1 aromatic rings. The summed E-state index contributed by atoms with van der Waals surface area (Å²) in [4.78, 5) is 0. The average Bonchev–Trinajstić information content (AvgIpc) is 2.18. The summed E-state index contributed by atoms with van der Waals surface area (Å²) < 4.78 is 10.3. The van der Waals surface area contributed by atoms with Crippen LogP contribution in [0.2, 0.25) is 0 Å². The Kier molecular flexibility index (Phi) is 3.96. The van der Waals surface area contributed by atoms with E-state index in [1.54, 1.807) is 14.2 Å².